The van der Waals surface area contributed by atoms with Crippen molar-refractivity contribution >= 4 is 0 Å². The summed E-state index contributed by atoms with van der Waals surface area (Å²) < 4.78 is 0. The highest BCUT2D eigenvalue weighted by atomic mass is 17.1. The van der Waals surface area contributed by atoms with E-state index in [4.69, 9.17) is 9.68 Å². The predicted molar refractivity (Wildman–Crippen MR) is 53.9 cm³/mol. The average molecular weight is 202 g/mol. The van der Waals surface area contributed by atoms with Gasteiger partial charge in [-0.05, 0) is 25.2 Å². The summed E-state index contributed by atoms with van der Waals surface area (Å²) in [5.41, 5.74) is 0. The van der Waals surface area contributed by atoms with Crippen molar-refractivity contribution in [2.75, 3.05) is 0 Å². The van der Waals surface area contributed by atoms with Crippen LogP contribution in [-0.4, -0.2) is 17.6 Å². The van der Waals surface area contributed by atoms with Gasteiger partial charge in [0.1, 0.15) is 0 Å². The molecule has 84 valence electrons. The molecule has 0 aromatic rings. The van der Waals surface area contributed by atoms with Gasteiger partial charge in [-0.2, -0.15) is 0 Å². The van der Waals surface area contributed by atoms with E-state index < -0.39 is 0 Å². The summed E-state index contributed by atoms with van der Waals surface area (Å²) in [6, 6.07) is 0. The highest BCUT2D eigenvalue weighted by Crippen LogP contribution is 2.26. The maximum Gasteiger partial charge on any atom is 0.0832 e. The first-order valence-corrected chi connectivity index (χ1v) is 5.48. The van der Waals surface area contributed by atoms with E-state index in [0.717, 1.165) is 25.7 Å². The van der Waals surface area contributed by atoms with Gasteiger partial charge in [0.05, 0.1) is 12.2 Å². The summed E-state index contributed by atoms with van der Waals surface area (Å²) in [6.45, 7) is 6.22. The van der Waals surface area contributed by atoms with Crippen molar-refractivity contribution in [1.82, 2.24) is 5.39 Å². The Bertz CT molecular complexity index is 165. The van der Waals surface area contributed by atoms with E-state index >= 15 is 0 Å². The lowest BCUT2D eigenvalue weighted by Gasteiger charge is -2.29. The highest BCUT2D eigenvalue weighted by Gasteiger charge is 2.26. The second-order valence-electron chi connectivity index (χ2n) is 4.00. The molecule has 1 aliphatic rings. The molecule has 3 unspecified atom stereocenters. The second kappa shape index (κ2) is 5.66. The molecule has 0 radical (unpaired) electrons. The van der Waals surface area contributed by atoms with Crippen LogP contribution in [0.25, 0.3) is 0 Å². The molecule has 3 atom stereocenters. The van der Waals surface area contributed by atoms with Crippen LogP contribution in [0.15, 0.2) is 0 Å². The summed E-state index contributed by atoms with van der Waals surface area (Å²) >= 11 is 0. The maximum atomic E-state index is 11.2. The Morgan fingerprint density at radius 1 is 1.36 bits per heavy atom. The molecule has 0 spiro atoms. The topological polar surface area (TPSA) is 44.8 Å². The zero-order valence-electron chi connectivity index (χ0n) is 9.23. The van der Waals surface area contributed by atoms with Crippen molar-refractivity contribution in [3.63, 3.8) is 0 Å². The number of hydrogen-bond acceptors (Lipinski definition) is 4. The third-order valence-corrected chi connectivity index (χ3v) is 2.74. The van der Waals surface area contributed by atoms with E-state index in [-0.39, 0.29) is 12.2 Å². The molecule has 1 heterocycles. The molecular weight excluding hydrogens is 182 g/mol. The van der Waals surface area contributed by atoms with Crippen LogP contribution >= 0.6 is 0 Å². The average Bonchev–Trinajstić information content (AvgIpc) is 2.26. The van der Waals surface area contributed by atoms with Crippen LogP contribution in [0, 0.1) is 11.1 Å². The van der Waals surface area contributed by atoms with Crippen LogP contribution in [0.3, 0.4) is 0 Å². The highest BCUT2D eigenvalue weighted by molar-refractivity contribution is 4.71. The Kier molecular flexibility index (Phi) is 4.81. The Morgan fingerprint density at radius 3 is 2.64 bits per heavy atom. The molecule has 0 bridgehead atoms. The fraction of sp³-hybridized carbons (Fsp3) is 1.00. The largest absolute Gasteiger partial charge is 0.738 e. The minimum Gasteiger partial charge on any atom is -0.738 e. The Morgan fingerprint density at radius 2 is 2.07 bits per heavy atom. The van der Waals surface area contributed by atoms with E-state index in [2.05, 4.69) is 13.8 Å². The number of nitrogens with zero attached hydrogens (tertiary/aromatic N) is 1. The van der Waals surface area contributed by atoms with Crippen LogP contribution in [0.5, 0.6) is 0 Å². The molecule has 4 heteroatoms. The van der Waals surface area contributed by atoms with E-state index in [9.17, 15) is 5.21 Å². The van der Waals surface area contributed by atoms with Crippen molar-refractivity contribution in [2.45, 2.75) is 58.7 Å². The Balaban J connectivity index is 2.53. The first-order valence-electron chi connectivity index (χ1n) is 5.48. The van der Waals surface area contributed by atoms with Crippen LogP contribution in [0.2, 0.25) is 0 Å². The zero-order chi connectivity index (χ0) is 10.6. The molecule has 1 saturated heterocycles. The first-order chi connectivity index (χ1) is 6.67. The summed E-state index contributed by atoms with van der Waals surface area (Å²) in [6.07, 6.45) is 3.72. The number of rotatable bonds is 3. The summed E-state index contributed by atoms with van der Waals surface area (Å²) in [7, 11) is 0. The monoisotopic (exact) mass is 202 g/mol. The van der Waals surface area contributed by atoms with Gasteiger partial charge in [-0.1, -0.05) is 27.2 Å². The molecule has 0 N–H and O–H groups in total. The van der Waals surface area contributed by atoms with E-state index in [1.807, 2.05) is 6.92 Å². The van der Waals surface area contributed by atoms with Gasteiger partial charge in [-0.15, -0.1) is 5.39 Å². The molecule has 0 aliphatic carbocycles. The van der Waals surface area contributed by atoms with Crippen molar-refractivity contribution in [3.8, 4) is 0 Å². The fourth-order valence-electron chi connectivity index (χ4n) is 1.94. The lowest BCUT2D eigenvalue weighted by Crippen LogP contribution is -2.25. The third-order valence-electron chi connectivity index (χ3n) is 2.74. The van der Waals surface area contributed by atoms with Crippen LogP contribution in [-0.2, 0) is 9.68 Å². The molecule has 0 aromatic heterocycles. The minimum absolute atomic E-state index is 0.00523. The second-order valence-corrected chi connectivity index (χ2v) is 4.00. The molecule has 4 nitrogen and oxygen atoms in total. The molecule has 0 amide bonds. The predicted octanol–water partition coefficient (Wildman–Crippen LogP) is 2.64. The lowest BCUT2D eigenvalue weighted by atomic mass is 9.94. The van der Waals surface area contributed by atoms with Crippen LogP contribution < -0.4 is 0 Å². The number of hydrogen-bond donors (Lipinski definition) is 0. The van der Waals surface area contributed by atoms with Crippen LogP contribution in [0.1, 0.15) is 46.5 Å². The van der Waals surface area contributed by atoms with E-state index in [0.29, 0.717) is 11.3 Å². The molecule has 1 rings (SSSR count). The smallest absolute Gasteiger partial charge is 0.0832 e. The van der Waals surface area contributed by atoms with Gasteiger partial charge in [0.15, 0.2) is 0 Å². The molecule has 1 aliphatic heterocycles. The molecule has 0 aromatic carbocycles. The first kappa shape index (κ1) is 11.9. The Hall–Kier alpha value is -0.160. The van der Waals surface area contributed by atoms with E-state index in [1.54, 1.807) is 0 Å². The molecule has 0 saturated carbocycles. The lowest BCUT2D eigenvalue weighted by molar-refractivity contribution is -0.362. The third kappa shape index (κ3) is 3.20. The van der Waals surface area contributed by atoms with Crippen molar-refractivity contribution in [2.24, 2.45) is 5.92 Å². The molecule has 1 fully saturated rings. The van der Waals surface area contributed by atoms with Gasteiger partial charge >= 0.3 is 0 Å². The minimum atomic E-state index is -0.00523. The fourth-order valence-corrected chi connectivity index (χ4v) is 1.94. The summed E-state index contributed by atoms with van der Waals surface area (Å²) in [4.78, 5) is 10.2. The van der Waals surface area contributed by atoms with Crippen molar-refractivity contribution in [3.05, 3.63) is 5.21 Å². The van der Waals surface area contributed by atoms with Gasteiger partial charge in [-0.25, -0.2) is 0 Å². The summed E-state index contributed by atoms with van der Waals surface area (Å²) in [5.74, 6) is 0.385. The maximum absolute atomic E-state index is 11.2. The van der Waals surface area contributed by atoms with Gasteiger partial charge < -0.3 is 5.21 Å². The standard InChI is InChI=1S/C10H20NO3/c1-4-6-9-7-8(3)10(5-2)14-11(12)13-9/h8-10H,4-7H2,1-3H3/q-1. The van der Waals surface area contributed by atoms with Gasteiger partial charge in [0.25, 0.3) is 0 Å². The van der Waals surface area contributed by atoms with Gasteiger partial charge in [-0.3, -0.25) is 9.68 Å². The summed E-state index contributed by atoms with van der Waals surface area (Å²) in [5, 5.41) is 11.5. The SMILES string of the molecule is CCCC1CC(C)C(CC)ON([O-])O1. The van der Waals surface area contributed by atoms with Crippen molar-refractivity contribution < 1.29 is 9.68 Å². The molecular formula is C10H20NO3-. The Labute approximate surface area is 85.7 Å². The van der Waals surface area contributed by atoms with Gasteiger partial charge in [0.2, 0.25) is 0 Å². The van der Waals surface area contributed by atoms with E-state index in [1.165, 1.54) is 0 Å². The van der Waals surface area contributed by atoms with Crippen LogP contribution in [0.4, 0.5) is 0 Å². The molecule has 14 heavy (non-hydrogen) atoms. The van der Waals surface area contributed by atoms with Crippen molar-refractivity contribution in [1.29, 1.82) is 0 Å². The normalized spacial score (nSPS) is 35.6. The van der Waals surface area contributed by atoms with Gasteiger partial charge in [0, 0.05) is 0 Å². The zero-order valence-corrected chi connectivity index (χ0v) is 9.23. The quantitative estimate of drug-likeness (QED) is 0.705.